The molecule has 0 radical (unpaired) electrons. The van der Waals surface area contributed by atoms with E-state index < -0.39 is 0 Å². The van der Waals surface area contributed by atoms with Gasteiger partial charge in [-0.05, 0) is 20.8 Å². The zero-order valence-corrected chi connectivity index (χ0v) is 12.8. The molecular formula is C13H24N2O2S. The Labute approximate surface area is 114 Å². The van der Waals surface area contributed by atoms with Gasteiger partial charge in [0.2, 0.25) is 0 Å². The molecule has 0 aromatic carbocycles. The average molecular weight is 272 g/mol. The smallest absolute Gasteiger partial charge is 0.0955 e. The predicted octanol–water partition coefficient (Wildman–Crippen LogP) is 2.37. The summed E-state index contributed by atoms with van der Waals surface area (Å²) in [6, 6.07) is 0. The highest BCUT2D eigenvalue weighted by molar-refractivity contribution is 7.11. The van der Waals surface area contributed by atoms with E-state index in [1.54, 1.807) is 25.6 Å². The first-order valence-corrected chi connectivity index (χ1v) is 6.98. The summed E-state index contributed by atoms with van der Waals surface area (Å²) in [6.45, 7) is 8.62. The fourth-order valence-electron chi connectivity index (χ4n) is 1.47. The fourth-order valence-corrected chi connectivity index (χ4v) is 2.46. The van der Waals surface area contributed by atoms with E-state index in [9.17, 15) is 0 Å². The van der Waals surface area contributed by atoms with Gasteiger partial charge >= 0.3 is 0 Å². The first-order chi connectivity index (χ1) is 8.46. The van der Waals surface area contributed by atoms with Crippen molar-refractivity contribution in [2.75, 3.05) is 20.8 Å². The van der Waals surface area contributed by atoms with E-state index in [2.05, 4.69) is 31.1 Å². The molecule has 4 nitrogen and oxygen atoms in total. The van der Waals surface area contributed by atoms with E-state index in [-0.39, 0.29) is 5.54 Å². The van der Waals surface area contributed by atoms with Gasteiger partial charge in [-0.15, -0.1) is 11.3 Å². The van der Waals surface area contributed by atoms with E-state index >= 15 is 0 Å². The van der Waals surface area contributed by atoms with E-state index in [4.69, 9.17) is 9.47 Å². The van der Waals surface area contributed by atoms with Gasteiger partial charge in [0.15, 0.2) is 0 Å². The Bertz CT molecular complexity index is 358. The molecule has 0 atom stereocenters. The van der Waals surface area contributed by atoms with Crippen LogP contribution in [0.2, 0.25) is 0 Å². The van der Waals surface area contributed by atoms with Crippen molar-refractivity contribution in [1.82, 2.24) is 10.3 Å². The Hall–Kier alpha value is -0.490. The molecule has 1 rings (SSSR count). The second-order valence-electron chi connectivity index (χ2n) is 5.26. The van der Waals surface area contributed by atoms with Gasteiger partial charge in [-0.1, -0.05) is 0 Å². The van der Waals surface area contributed by atoms with Gasteiger partial charge < -0.3 is 14.8 Å². The van der Waals surface area contributed by atoms with Crippen LogP contribution in [0.15, 0.2) is 0 Å². The van der Waals surface area contributed by atoms with Crippen LogP contribution >= 0.6 is 11.3 Å². The van der Waals surface area contributed by atoms with Crippen LogP contribution in [0.3, 0.4) is 0 Å². The minimum atomic E-state index is 0.112. The molecule has 18 heavy (non-hydrogen) atoms. The van der Waals surface area contributed by atoms with Crippen molar-refractivity contribution in [3.63, 3.8) is 0 Å². The van der Waals surface area contributed by atoms with E-state index in [0.29, 0.717) is 13.2 Å². The first-order valence-electron chi connectivity index (χ1n) is 6.16. The van der Waals surface area contributed by atoms with Crippen molar-refractivity contribution >= 4 is 11.3 Å². The Balaban J connectivity index is 2.70. The molecule has 104 valence electrons. The topological polar surface area (TPSA) is 43.4 Å². The minimum absolute atomic E-state index is 0.112. The van der Waals surface area contributed by atoms with Crippen LogP contribution in [0.25, 0.3) is 0 Å². The molecule has 0 bridgehead atoms. The highest BCUT2D eigenvalue weighted by Crippen LogP contribution is 2.21. The second kappa shape index (κ2) is 7.19. The summed E-state index contributed by atoms with van der Waals surface area (Å²) in [4.78, 5) is 5.87. The molecule has 0 aliphatic carbocycles. The lowest BCUT2D eigenvalue weighted by atomic mass is 10.1. The van der Waals surface area contributed by atoms with Crippen LogP contribution in [-0.2, 0) is 29.0 Å². The van der Waals surface area contributed by atoms with Gasteiger partial charge in [-0.2, -0.15) is 0 Å². The number of nitrogens with zero attached hydrogens (tertiary/aromatic N) is 1. The quantitative estimate of drug-likeness (QED) is 0.827. The van der Waals surface area contributed by atoms with Crippen LogP contribution < -0.4 is 5.32 Å². The molecular weight excluding hydrogens is 248 g/mol. The van der Waals surface area contributed by atoms with Crippen LogP contribution in [0.5, 0.6) is 0 Å². The van der Waals surface area contributed by atoms with Crippen LogP contribution in [0, 0.1) is 0 Å². The number of rotatable bonds is 7. The van der Waals surface area contributed by atoms with E-state index in [0.717, 1.165) is 23.7 Å². The third-order valence-electron chi connectivity index (χ3n) is 2.40. The lowest BCUT2D eigenvalue weighted by molar-refractivity contribution is 0.180. The van der Waals surface area contributed by atoms with Gasteiger partial charge in [-0.3, -0.25) is 0 Å². The van der Waals surface area contributed by atoms with E-state index in [1.165, 1.54) is 4.88 Å². The minimum Gasteiger partial charge on any atom is -0.384 e. The molecule has 0 spiro atoms. The normalized spacial score (nSPS) is 12.1. The van der Waals surface area contributed by atoms with Crippen LogP contribution in [0.1, 0.15) is 36.3 Å². The monoisotopic (exact) mass is 272 g/mol. The molecule has 1 aromatic heterocycles. The zero-order chi connectivity index (χ0) is 13.6. The Morgan fingerprint density at radius 1 is 1.22 bits per heavy atom. The molecule has 0 unspecified atom stereocenters. The van der Waals surface area contributed by atoms with Crippen LogP contribution in [0.4, 0.5) is 0 Å². The summed E-state index contributed by atoms with van der Waals surface area (Å²) in [5.74, 6) is 0. The Morgan fingerprint density at radius 2 is 1.94 bits per heavy atom. The predicted molar refractivity (Wildman–Crippen MR) is 75.0 cm³/mol. The summed E-state index contributed by atoms with van der Waals surface area (Å²) in [5.41, 5.74) is 1.16. The summed E-state index contributed by atoms with van der Waals surface area (Å²) >= 11 is 1.75. The van der Waals surface area contributed by atoms with Crippen molar-refractivity contribution < 1.29 is 9.47 Å². The lowest BCUT2D eigenvalue weighted by Gasteiger charge is -2.20. The molecule has 1 heterocycles. The number of aromatic nitrogens is 1. The van der Waals surface area contributed by atoms with Crippen molar-refractivity contribution in [2.24, 2.45) is 0 Å². The van der Waals surface area contributed by atoms with Crippen LogP contribution in [-0.4, -0.2) is 31.3 Å². The zero-order valence-electron chi connectivity index (χ0n) is 12.0. The molecule has 0 amide bonds. The highest BCUT2D eigenvalue weighted by Gasteiger charge is 2.14. The average Bonchev–Trinajstić information content (AvgIpc) is 2.66. The highest BCUT2D eigenvalue weighted by atomic mass is 32.1. The molecule has 0 aliphatic rings. The second-order valence-corrected chi connectivity index (χ2v) is 6.43. The lowest BCUT2D eigenvalue weighted by Crippen LogP contribution is -2.35. The molecule has 0 saturated heterocycles. The van der Waals surface area contributed by atoms with Gasteiger partial charge in [0, 0.05) is 37.6 Å². The third-order valence-corrected chi connectivity index (χ3v) is 3.56. The Morgan fingerprint density at radius 3 is 2.50 bits per heavy atom. The summed E-state index contributed by atoms with van der Waals surface area (Å²) in [6.07, 6.45) is 0.868. The first kappa shape index (κ1) is 15.6. The maximum atomic E-state index is 5.20. The summed E-state index contributed by atoms with van der Waals surface area (Å²) in [5, 5.41) is 4.61. The molecule has 0 saturated carbocycles. The van der Waals surface area contributed by atoms with Crippen molar-refractivity contribution in [1.29, 1.82) is 0 Å². The molecule has 0 fully saturated rings. The standard InChI is InChI=1S/C13H24N2O2S/c1-13(2,3)14-8-11-10(9-17-5)15-12(18-11)6-7-16-4/h14H,6-9H2,1-5H3. The summed E-state index contributed by atoms with van der Waals surface area (Å²) in [7, 11) is 3.42. The number of nitrogens with one attached hydrogen (secondary N) is 1. The summed E-state index contributed by atoms with van der Waals surface area (Å²) < 4.78 is 10.3. The van der Waals surface area contributed by atoms with Crippen molar-refractivity contribution in [2.45, 2.75) is 45.9 Å². The molecule has 0 aliphatic heterocycles. The van der Waals surface area contributed by atoms with Gasteiger partial charge in [0.05, 0.1) is 23.9 Å². The van der Waals surface area contributed by atoms with Crippen molar-refractivity contribution in [3.8, 4) is 0 Å². The molecule has 5 heteroatoms. The molecule has 1 N–H and O–H groups in total. The largest absolute Gasteiger partial charge is 0.384 e. The number of hydrogen-bond donors (Lipinski definition) is 1. The Kier molecular flexibility index (Phi) is 6.21. The van der Waals surface area contributed by atoms with Gasteiger partial charge in [0.25, 0.3) is 0 Å². The SMILES string of the molecule is COCCc1nc(COC)c(CNC(C)(C)C)s1. The third kappa shape index (κ3) is 5.44. The number of hydrogen-bond acceptors (Lipinski definition) is 5. The number of ether oxygens (including phenoxy) is 2. The number of methoxy groups -OCH3 is 2. The fraction of sp³-hybridized carbons (Fsp3) is 0.769. The maximum Gasteiger partial charge on any atom is 0.0955 e. The maximum absolute atomic E-state index is 5.20. The van der Waals surface area contributed by atoms with Crippen molar-refractivity contribution in [3.05, 3.63) is 15.6 Å². The van der Waals surface area contributed by atoms with Gasteiger partial charge in [0.1, 0.15) is 0 Å². The molecule has 1 aromatic rings. The van der Waals surface area contributed by atoms with Gasteiger partial charge in [-0.25, -0.2) is 4.98 Å². The van der Waals surface area contributed by atoms with E-state index in [1.807, 2.05) is 0 Å². The number of thiazole rings is 1.